The third-order valence-electron chi connectivity index (χ3n) is 9.01. The summed E-state index contributed by atoms with van der Waals surface area (Å²) >= 11 is 0. The van der Waals surface area contributed by atoms with Gasteiger partial charge in [0.05, 0.1) is 26.2 Å². The van der Waals surface area contributed by atoms with Gasteiger partial charge in [0.2, 0.25) is 0 Å². The molecule has 3 atom stereocenters. The van der Waals surface area contributed by atoms with Gasteiger partial charge in [-0.05, 0) is 102 Å². The Kier molecular flexibility index (Phi) is 8.15. The largest absolute Gasteiger partial charge is 0.497 e. The summed E-state index contributed by atoms with van der Waals surface area (Å²) in [6.45, 7) is 6.68. The first-order chi connectivity index (χ1) is 19.6. The molecule has 5 nitrogen and oxygen atoms in total. The van der Waals surface area contributed by atoms with E-state index in [4.69, 9.17) is 18.9 Å². The molecule has 0 aliphatic heterocycles. The SMILES string of the molecule is COC(=O)C1CCC12CCCc1ccc(OCc3ccc(-c4cc(OC)ccc4F)c([C@@H](OC)C(C)(C)C)c3)cc12. The fraction of sp³-hybridized carbons (Fsp3) is 0.457. The van der Waals surface area contributed by atoms with Gasteiger partial charge in [0, 0.05) is 18.1 Å². The lowest BCUT2D eigenvalue weighted by Gasteiger charge is -2.51. The second-order valence-corrected chi connectivity index (χ2v) is 12.5. The van der Waals surface area contributed by atoms with E-state index in [1.54, 1.807) is 26.4 Å². The summed E-state index contributed by atoms with van der Waals surface area (Å²) in [7, 11) is 4.75. The zero-order chi connectivity index (χ0) is 29.4. The van der Waals surface area contributed by atoms with Crippen molar-refractivity contribution >= 4 is 5.97 Å². The first-order valence-corrected chi connectivity index (χ1v) is 14.4. The second kappa shape index (κ2) is 11.5. The Balaban J connectivity index is 1.46. The monoisotopic (exact) mass is 560 g/mol. The van der Waals surface area contributed by atoms with E-state index in [1.165, 1.54) is 24.3 Å². The number of carbonyl (C=O) groups excluding carboxylic acids is 1. The maximum Gasteiger partial charge on any atom is 0.309 e. The van der Waals surface area contributed by atoms with Gasteiger partial charge in [-0.2, -0.15) is 0 Å². The molecule has 1 spiro atoms. The van der Waals surface area contributed by atoms with E-state index in [1.807, 2.05) is 18.2 Å². The number of benzene rings is 3. The molecule has 3 aromatic carbocycles. The third kappa shape index (κ3) is 5.46. The molecule has 3 aromatic rings. The van der Waals surface area contributed by atoms with Crippen molar-refractivity contribution in [3.8, 4) is 22.6 Å². The zero-order valence-corrected chi connectivity index (χ0v) is 25.0. The fourth-order valence-electron chi connectivity index (χ4n) is 6.92. The Labute approximate surface area is 243 Å². The van der Waals surface area contributed by atoms with E-state index in [0.717, 1.165) is 54.5 Å². The van der Waals surface area contributed by atoms with Crippen LogP contribution in [0.25, 0.3) is 11.1 Å². The van der Waals surface area contributed by atoms with Crippen molar-refractivity contribution in [3.05, 3.63) is 82.7 Å². The fourth-order valence-corrected chi connectivity index (χ4v) is 6.92. The van der Waals surface area contributed by atoms with Crippen LogP contribution in [0.15, 0.2) is 54.6 Å². The highest BCUT2D eigenvalue weighted by molar-refractivity contribution is 5.76. The van der Waals surface area contributed by atoms with Crippen molar-refractivity contribution in [2.24, 2.45) is 11.3 Å². The van der Waals surface area contributed by atoms with Crippen LogP contribution >= 0.6 is 0 Å². The van der Waals surface area contributed by atoms with E-state index in [0.29, 0.717) is 17.9 Å². The van der Waals surface area contributed by atoms with Crippen LogP contribution in [0, 0.1) is 17.2 Å². The lowest BCUT2D eigenvalue weighted by atomic mass is 9.52. The van der Waals surface area contributed by atoms with Gasteiger partial charge in [-0.25, -0.2) is 4.39 Å². The average Bonchev–Trinajstić information content (AvgIpc) is 2.95. The van der Waals surface area contributed by atoms with Crippen molar-refractivity contribution in [1.29, 1.82) is 0 Å². The third-order valence-corrected chi connectivity index (χ3v) is 9.01. The van der Waals surface area contributed by atoms with Crippen molar-refractivity contribution in [2.45, 2.75) is 71.0 Å². The smallest absolute Gasteiger partial charge is 0.309 e. The van der Waals surface area contributed by atoms with Crippen LogP contribution < -0.4 is 9.47 Å². The van der Waals surface area contributed by atoms with Crippen LogP contribution in [0.5, 0.6) is 11.5 Å². The van der Waals surface area contributed by atoms with Crippen LogP contribution in [0.1, 0.15) is 74.8 Å². The van der Waals surface area contributed by atoms with Gasteiger partial charge in [-0.3, -0.25) is 4.79 Å². The molecule has 0 radical (unpaired) electrons. The predicted molar refractivity (Wildman–Crippen MR) is 158 cm³/mol. The van der Waals surface area contributed by atoms with Gasteiger partial charge in [0.25, 0.3) is 0 Å². The molecule has 0 heterocycles. The highest BCUT2D eigenvalue weighted by atomic mass is 19.1. The zero-order valence-electron chi connectivity index (χ0n) is 25.0. The topological polar surface area (TPSA) is 54.0 Å². The number of hydrogen-bond donors (Lipinski definition) is 0. The summed E-state index contributed by atoms with van der Waals surface area (Å²) in [6, 6.07) is 17.1. The van der Waals surface area contributed by atoms with Gasteiger partial charge >= 0.3 is 5.97 Å². The number of rotatable bonds is 8. The molecule has 0 aromatic heterocycles. The molecule has 0 amide bonds. The van der Waals surface area contributed by atoms with E-state index in [9.17, 15) is 4.79 Å². The Bertz CT molecular complexity index is 1420. The highest BCUT2D eigenvalue weighted by Crippen LogP contribution is 2.56. The van der Waals surface area contributed by atoms with Gasteiger partial charge in [0.1, 0.15) is 23.9 Å². The van der Waals surface area contributed by atoms with Gasteiger partial charge < -0.3 is 18.9 Å². The molecular formula is C35H41FO5. The Morgan fingerprint density at radius 3 is 2.41 bits per heavy atom. The minimum absolute atomic E-state index is 0.0858. The number of esters is 1. The number of fused-ring (bicyclic) bond motifs is 2. The van der Waals surface area contributed by atoms with Crippen LogP contribution in [0.4, 0.5) is 4.39 Å². The molecule has 0 saturated heterocycles. The normalized spacial score (nSPS) is 20.6. The van der Waals surface area contributed by atoms with Crippen molar-refractivity contribution in [3.63, 3.8) is 0 Å². The number of carbonyl (C=O) groups is 1. The van der Waals surface area contributed by atoms with Crippen molar-refractivity contribution in [1.82, 2.24) is 0 Å². The van der Waals surface area contributed by atoms with Crippen molar-refractivity contribution in [2.75, 3.05) is 21.3 Å². The lowest BCUT2D eigenvalue weighted by molar-refractivity contribution is -0.153. The molecular weight excluding hydrogens is 519 g/mol. The number of ether oxygens (including phenoxy) is 4. The number of methoxy groups -OCH3 is 3. The van der Waals surface area contributed by atoms with E-state index in [2.05, 4.69) is 39.0 Å². The minimum Gasteiger partial charge on any atom is -0.497 e. The van der Waals surface area contributed by atoms with Crippen LogP contribution in [-0.2, 0) is 32.7 Å². The first kappa shape index (κ1) is 29.1. The van der Waals surface area contributed by atoms with Crippen LogP contribution in [0.3, 0.4) is 0 Å². The van der Waals surface area contributed by atoms with Crippen LogP contribution in [-0.4, -0.2) is 27.3 Å². The van der Waals surface area contributed by atoms with E-state index >= 15 is 4.39 Å². The molecule has 6 heteroatoms. The minimum atomic E-state index is -0.316. The molecule has 218 valence electrons. The Morgan fingerprint density at radius 2 is 1.76 bits per heavy atom. The molecule has 2 aliphatic carbocycles. The Hall–Kier alpha value is -3.38. The molecule has 5 rings (SSSR count). The number of hydrogen-bond acceptors (Lipinski definition) is 5. The first-order valence-electron chi connectivity index (χ1n) is 14.4. The van der Waals surface area contributed by atoms with E-state index in [-0.39, 0.29) is 34.6 Å². The summed E-state index contributed by atoms with van der Waals surface area (Å²) in [6.07, 6.45) is 4.69. The summed E-state index contributed by atoms with van der Waals surface area (Å²) in [5.74, 6) is 0.864. The molecule has 1 saturated carbocycles. The predicted octanol–water partition coefficient (Wildman–Crippen LogP) is 7.97. The molecule has 1 fully saturated rings. The van der Waals surface area contributed by atoms with Crippen molar-refractivity contribution < 1.29 is 28.1 Å². The van der Waals surface area contributed by atoms with Crippen LogP contribution in [0.2, 0.25) is 0 Å². The number of halogens is 1. The maximum atomic E-state index is 15.1. The second-order valence-electron chi connectivity index (χ2n) is 12.5. The lowest BCUT2D eigenvalue weighted by Crippen LogP contribution is -2.50. The van der Waals surface area contributed by atoms with Gasteiger partial charge in [-0.1, -0.05) is 39.0 Å². The standard InChI is InChI=1S/C35H41FO5/c1-34(2,3)32(39-5)28-18-22(9-13-26(28)27-19-24(38-4)12-14-31(27)36)21-41-25-11-10-23-8-7-16-35(30(23)20-25)17-15-29(35)33(37)40-6/h9-14,18-20,29,32H,7-8,15-17,21H2,1-6H3/t29?,32-,35?/m1/s1. The summed E-state index contributed by atoms with van der Waals surface area (Å²) in [4.78, 5) is 12.5. The highest BCUT2D eigenvalue weighted by Gasteiger charge is 2.53. The summed E-state index contributed by atoms with van der Waals surface area (Å²) < 4.78 is 38.0. The average molecular weight is 561 g/mol. The molecule has 41 heavy (non-hydrogen) atoms. The van der Waals surface area contributed by atoms with Gasteiger partial charge in [0.15, 0.2) is 0 Å². The summed E-state index contributed by atoms with van der Waals surface area (Å²) in [5, 5.41) is 0. The molecule has 2 aliphatic rings. The van der Waals surface area contributed by atoms with Gasteiger partial charge in [-0.15, -0.1) is 0 Å². The molecule has 0 bridgehead atoms. The molecule has 0 N–H and O–H groups in total. The Morgan fingerprint density at radius 1 is 0.976 bits per heavy atom. The molecule has 2 unspecified atom stereocenters. The summed E-state index contributed by atoms with van der Waals surface area (Å²) in [5.41, 5.74) is 5.25. The number of aryl methyl sites for hydroxylation is 1. The maximum absolute atomic E-state index is 15.1. The quantitative estimate of drug-likeness (QED) is 0.262. The van der Waals surface area contributed by atoms with E-state index < -0.39 is 0 Å².